The van der Waals surface area contributed by atoms with E-state index in [1.165, 1.54) is 18.1 Å². The van der Waals surface area contributed by atoms with Gasteiger partial charge < -0.3 is 10.5 Å². The van der Waals surface area contributed by atoms with E-state index in [-0.39, 0.29) is 5.69 Å². The Balaban J connectivity index is 2.30. The van der Waals surface area contributed by atoms with Crippen LogP contribution < -0.4 is 16.2 Å². The van der Waals surface area contributed by atoms with Gasteiger partial charge in [-0.05, 0) is 25.1 Å². The summed E-state index contributed by atoms with van der Waals surface area (Å²) in [5.41, 5.74) is 6.05. The zero-order valence-electron chi connectivity index (χ0n) is 11.3. The van der Waals surface area contributed by atoms with Gasteiger partial charge in [0.2, 0.25) is 5.88 Å². The van der Waals surface area contributed by atoms with E-state index < -0.39 is 0 Å². The number of rotatable bonds is 6. The van der Waals surface area contributed by atoms with E-state index in [1.54, 1.807) is 4.57 Å². The van der Waals surface area contributed by atoms with Gasteiger partial charge in [0.05, 0.1) is 6.61 Å². The second-order valence-electron chi connectivity index (χ2n) is 3.90. The maximum atomic E-state index is 11.6. The normalized spacial score (nSPS) is 10.7. The Morgan fingerprint density at radius 2 is 2.25 bits per heavy atom. The topological polar surface area (TPSA) is 112 Å². The van der Waals surface area contributed by atoms with Gasteiger partial charge in [-0.15, -0.1) is 5.10 Å². The van der Waals surface area contributed by atoms with Crippen LogP contribution in [0.2, 0.25) is 0 Å². The van der Waals surface area contributed by atoms with Crippen LogP contribution in [0.5, 0.6) is 5.88 Å². The van der Waals surface area contributed by atoms with Crippen LogP contribution in [0.25, 0.3) is 0 Å². The van der Waals surface area contributed by atoms with Crippen molar-refractivity contribution in [3.63, 3.8) is 0 Å². The highest BCUT2D eigenvalue weighted by Gasteiger charge is 2.15. The van der Waals surface area contributed by atoms with E-state index in [0.717, 1.165) is 6.42 Å². The van der Waals surface area contributed by atoms with Crippen LogP contribution in [-0.2, 0) is 6.54 Å². The Hall–Kier alpha value is -2.03. The Morgan fingerprint density at radius 3 is 2.95 bits per heavy atom. The van der Waals surface area contributed by atoms with E-state index in [2.05, 4.69) is 20.2 Å². The molecule has 0 aliphatic rings. The molecule has 20 heavy (non-hydrogen) atoms. The smallest absolute Gasteiger partial charge is 0.343 e. The van der Waals surface area contributed by atoms with Crippen LogP contribution in [0.4, 0.5) is 5.69 Å². The van der Waals surface area contributed by atoms with Crippen molar-refractivity contribution in [2.75, 3.05) is 12.3 Å². The Morgan fingerprint density at radius 1 is 1.45 bits per heavy atom. The van der Waals surface area contributed by atoms with Crippen molar-refractivity contribution in [3.8, 4) is 5.88 Å². The van der Waals surface area contributed by atoms with Gasteiger partial charge in [-0.2, -0.15) is 4.98 Å². The molecule has 0 unspecified atom stereocenters. The predicted molar refractivity (Wildman–Crippen MR) is 74.9 cm³/mol. The molecular weight excluding hydrogens is 280 g/mol. The fraction of sp³-hybridized carbons (Fsp3) is 0.455. The Labute approximate surface area is 119 Å². The number of nitrogens with two attached hydrogens (primary N) is 1. The third kappa shape index (κ3) is 2.93. The molecule has 2 aromatic heterocycles. The Bertz CT molecular complexity index is 638. The summed E-state index contributed by atoms with van der Waals surface area (Å²) in [6.45, 7) is 4.89. The van der Waals surface area contributed by atoms with E-state index in [0.29, 0.717) is 34.9 Å². The highest BCUT2D eigenvalue weighted by molar-refractivity contribution is 7.99. The highest BCUT2D eigenvalue weighted by Crippen LogP contribution is 2.32. The van der Waals surface area contributed by atoms with Gasteiger partial charge in [0.1, 0.15) is 17.0 Å². The molecule has 0 fully saturated rings. The van der Waals surface area contributed by atoms with Crippen molar-refractivity contribution in [1.82, 2.24) is 24.7 Å². The molecular formula is C11H16N6O2S. The minimum absolute atomic E-state index is 0.244. The molecule has 0 aromatic carbocycles. The summed E-state index contributed by atoms with van der Waals surface area (Å²) in [6.07, 6.45) is 2.20. The molecule has 0 bridgehead atoms. The molecule has 9 heteroatoms. The maximum absolute atomic E-state index is 11.6. The number of aromatic nitrogens is 5. The molecule has 2 rings (SSSR count). The first-order valence-corrected chi connectivity index (χ1v) is 7.05. The van der Waals surface area contributed by atoms with Crippen molar-refractivity contribution in [2.45, 2.75) is 37.0 Å². The molecule has 3 N–H and O–H groups in total. The summed E-state index contributed by atoms with van der Waals surface area (Å²) in [5, 5.41) is 7.43. The van der Waals surface area contributed by atoms with Crippen molar-refractivity contribution < 1.29 is 4.74 Å². The number of H-pyrrole nitrogens is 1. The quantitative estimate of drug-likeness (QED) is 0.762. The van der Waals surface area contributed by atoms with E-state index in [4.69, 9.17) is 10.5 Å². The van der Waals surface area contributed by atoms with Crippen LogP contribution in [-0.4, -0.2) is 31.3 Å². The second-order valence-corrected chi connectivity index (χ2v) is 4.85. The summed E-state index contributed by atoms with van der Waals surface area (Å²) >= 11 is 1.21. The molecule has 0 spiro atoms. The van der Waals surface area contributed by atoms with Gasteiger partial charge in [-0.3, -0.25) is 4.57 Å². The molecule has 0 radical (unpaired) electrons. The van der Waals surface area contributed by atoms with Gasteiger partial charge in [0.25, 0.3) is 0 Å². The second kappa shape index (κ2) is 6.42. The van der Waals surface area contributed by atoms with Crippen molar-refractivity contribution >= 4 is 17.4 Å². The van der Waals surface area contributed by atoms with E-state index in [1.807, 2.05) is 13.8 Å². The van der Waals surface area contributed by atoms with Crippen molar-refractivity contribution in [3.05, 3.63) is 16.8 Å². The van der Waals surface area contributed by atoms with Gasteiger partial charge in [0, 0.05) is 6.54 Å². The number of nitrogens with one attached hydrogen (secondary N) is 1. The standard InChI is InChI=1S/C11H16N6O2S/c1-3-5-17-10(18)15-16-11(17)20-9-7(12)8(19-4-2)13-6-14-9/h6H,3-5,12H2,1-2H3,(H,15,18). The minimum Gasteiger partial charge on any atom is -0.476 e. The fourth-order valence-electron chi connectivity index (χ4n) is 1.59. The lowest BCUT2D eigenvalue weighted by Crippen LogP contribution is -2.17. The number of hydrogen-bond donors (Lipinski definition) is 2. The van der Waals surface area contributed by atoms with Gasteiger partial charge >= 0.3 is 5.69 Å². The van der Waals surface area contributed by atoms with Crippen LogP contribution in [0.3, 0.4) is 0 Å². The monoisotopic (exact) mass is 296 g/mol. The largest absolute Gasteiger partial charge is 0.476 e. The molecule has 2 aromatic rings. The van der Waals surface area contributed by atoms with Gasteiger partial charge in [-0.1, -0.05) is 6.92 Å². The average Bonchev–Trinajstić information content (AvgIpc) is 2.77. The van der Waals surface area contributed by atoms with Crippen molar-refractivity contribution in [2.24, 2.45) is 0 Å². The number of nitrogens with zero attached hydrogens (tertiary/aromatic N) is 4. The average molecular weight is 296 g/mol. The lowest BCUT2D eigenvalue weighted by molar-refractivity contribution is 0.327. The molecule has 108 valence electrons. The van der Waals surface area contributed by atoms with E-state index in [9.17, 15) is 4.79 Å². The van der Waals surface area contributed by atoms with Crippen molar-refractivity contribution in [1.29, 1.82) is 0 Å². The maximum Gasteiger partial charge on any atom is 0.343 e. The first kappa shape index (κ1) is 14.4. The number of anilines is 1. The lowest BCUT2D eigenvalue weighted by Gasteiger charge is -2.08. The summed E-state index contributed by atoms with van der Waals surface area (Å²) in [5.74, 6) is 0.338. The number of ether oxygens (including phenoxy) is 1. The SMILES string of the molecule is CCCn1c(Sc2ncnc(OCC)c2N)n[nH]c1=O. The van der Waals surface area contributed by atoms with Crippen LogP contribution in [0, 0.1) is 0 Å². The Kier molecular flexibility index (Phi) is 4.61. The lowest BCUT2D eigenvalue weighted by atomic mass is 10.5. The summed E-state index contributed by atoms with van der Waals surface area (Å²) in [4.78, 5) is 19.7. The zero-order chi connectivity index (χ0) is 14.5. The minimum atomic E-state index is -0.244. The van der Waals surface area contributed by atoms with Gasteiger partial charge in [-0.25, -0.2) is 14.9 Å². The molecule has 2 heterocycles. The molecule has 0 atom stereocenters. The highest BCUT2D eigenvalue weighted by atomic mass is 32.2. The molecule has 0 aliphatic heterocycles. The van der Waals surface area contributed by atoms with Gasteiger partial charge in [0.15, 0.2) is 5.16 Å². The first-order chi connectivity index (χ1) is 9.67. The molecule has 0 aliphatic carbocycles. The molecule has 0 saturated carbocycles. The zero-order valence-corrected chi connectivity index (χ0v) is 12.1. The van der Waals surface area contributed by atoms with Crippen LogP contribution >= 0.6 is 11.8 Å². The molecule has 0 saturated heterocycles. The van der Waals surface area contributed by atoms with Crippen LogP contribution in [0.1, 0.15) is 20.3 Å². The molecule has 0 amide bonds. The fourth-order valence-corrected chi connectivity index (χ4v) is 2.43. The number of aromatic amines is 1. The summed E-state index contributed by atoms with van der Waals surface area (Å²) < 4.78 is 6.86. The summed E-state index contributed by atoms with van der Waals surface area (Å²) in [6, 6.07) is 0. The predicted octanol–water partition coefficient (Wildman–Crippen LogP) is 0.903. The van der Waals surface area contributed by atoms with Crippen LogP contribution in [0.15, 0.2) is 21.3 Å². The summed E-state index contributed by atoms with van der Waals surface area (Å²) in [7, 11) is 0. The number of nitrogen functional groups attached to an aromatic ring is 1. The third-order valence-corrected chi connectivity index (χ3v) is 3.46. The first-order valence-electron chi connectivity index (χ1n) is 6.23. The third-order valence-electron chi connectivity index (χ3n) is 2.45. The number of hydrogen-bond acceptors (Lipinski definition) is 7. The van der Waals surface area contributed by atoms with E-state index >= 15 is 0 Å². The molecule has 8 nitrogen and oxygen atoms in total.